The standard InChI is InChI=1S/C27H20F3N7O/c1-15-4-6-20(9-19(15)7-5-18-8-24-16(2)34-35-25(24)31-13-18)26(38)33-22-10-21(27(28,29)30)11-23(12-22)37-14-32-17(3)36-37/h4,6,8-14H,1-3H3,(H,33,38)(H,31,34,35). The molecule has 5 aromatic rings. The Morgan fingerprint density at radius 1 is 1.03 bits per heavy atom. The number of aromatic nitrogens is 6. The normalized spacial score (nSPS) is 11.3. The fourth-order valence-electron chi connectivity index (χ4n) is 3.78. The molecule has 2 N–H and O–H groups in total. The molecule has 1 amide bonds. The van der Waals surface area contributed by atoms with Gasteiger partial charge in [-0.2, -0.15) is 23.4 Å². The van der Waals surface area contributed by atoms with Gasteiger partial charge in [-0.05, 0) is 62.7 Å². The Balaban J connectivity index is 1.44. The maximum absolute atomic E-state index is 13.6. The molecule has 0 fully saturated rings. The number of halogens is 3. The average Bonchev–Trinajstić information content (AvgIpc) is 3.48. The largest absolute Gasteiger partial charge is 0.416 e. The van der Waals surface area contributed by atoms with E-state index in [0.29, 0.717) is 22.6 Å². The first kappa shape index (κ1) is 24.7. The molecular weight excluding hydrogens is 495 g/mol. The van der Waals surface area contributed by atoms with Gasteiger partial charge in [-0.25, -0.2) is 14.6 Å². The van der Waals surface area contributed by atoms with E-state index in [0.717, 1.165) is 28.8 Å². The van der Waals surface area contributed by atoms with Crippen molar-refractivity contribution in [1.82, 2.24) is 29.9 Å². The van der Waals surface area contributed by atoms with Gasteiger partial charge in [-0.1, -0.05) is 17.9 Å². The van der Waals surface area contributed by atoms with E-state index >= 15 is 0 Å². The van der Waals surface area contributed by atoms with Crippen LogP contribution < -0.4 is 5.32 Å². The number of hydrogen-bond donors (Lipinski definition) is 2. The first-order chi connectivity index (χ1) is 18.1. The predicted molar refractivity (Wildman–Crippen MR) is 135 cm³/mol. The first-order valence-electron chi connectivity index (χ1n) is 11.4. The number of aromatic amines is 1. The number of carbonyl (C=O) groups is 1. The van der Waals surface area contributed by atoms with E-state index in [4.69, 9.17) is 0 Å². The summed E-state index contributed by atoms with van der Waals surface area (Å²) in [6.45, 7) is 5.37. The van der Waals surface area contributed by atoms with Crippen molar-refractivity contribution >= 4 is 22.6 Å². The van der Waals surface area contributed by atoms with Crippen LogP contribution in [0.2, 0.25) is 0 Å². The Hall–Kier alpha value is -4.98. The van der Waals surface area contributed by atoms with E-state index in [9.17, 15) is 18.0 Å². The summed E-state index contributed by atoms with van der Waals surface area (Å²) in [5.41, 5.74) is 3.00. The highest BCUT2D eigenvalue weighted by molar-refractivity contribution is 6.04. The number of nitrogens with one attached hydrogen (secondary N) is 2. The van der Waals surface area contributed by atoms with Crippen LogP contribution >= 0.6 is 0 Å². The summed E-state index contributed by atoms with van der Waals surface area (Å²) in [6, 6.07) is 10.0. The number of anilines is 1. The molecule has 3 heterocycles. The van der Waals surface area contributed by atoms with Crippen molar-refractivity contribution in [1.29, 1.82) is 0 Å². The number of alkyl halides is 3. The first-order valence-corrected chi connectivity index (χ1v) is 11.4. The molecule has 3 aromatic heterocycles. The third-order valence-electron chi connectivity index (χ3n) is 5.82. The fraction of sp³-hybridized carbons (Fsp3) is 0.148. The lowest BCUT2D eigenvalue weighted by molar-refractivity contribution is -0.137. The maximum Gasteiger partial charge on any atom is 0.416 e. The Kier molecular flexibility index (Phi) is 6.16. The van der Waals surface area contributed by atoms with Gasteiger partial charge in [0.25, 0.3) is 5.91 Å². The van der Waals surface area contributed by atoms with Crippen LogP contribution in [0, 0.1) is 32.6 Å². The van der Waals surface area contributed by atoms with Crippen LogP contribution in [0.1, 0.15) is 44.1 Å². The van der Waals surface area contributed by atoms with E-state index < -0.39 is 17.6 Å². The number of fused-ring (bicyclic) bond motifs is 1. The van der Waals surface area contributed by atoms with E-state index in [1.165, 1.54) is 17.1 Å². The van der Waals surface area contributed by atoms with Gasteiger partial charge in [0.05, 0.1) is 11.3 Å². The molecule has 5 rings (SSSR count). The number of rotatable bonds is 3. The molecule has 2 aromatic carbocycles. The van der Waals surface area contributed by atoms with Gasteiger partial charge in [-0.15, -0.1) is 0 Å². The highest BCUT2D eigenvalue weighted by Crippen LogP contribution is 2.33. The maximum atomic E-state index is 13.6. The van der Waals surface area contributed by atoms with Crippen molar-refractivity contribution in [3.63, 3.8) is 0 Å². The number of amides is 1. The number of carbonyl (C=O) groups excluding carboxylic acids is 1. The van der Waals surface area contributed by atoms with Gasteiger partial charge in [0, 0.05) is 39.7 Å². The molecule has 38 heavy (non-hydrogen) atoms. The zero-order valence-electron chi connectivity index (χ0n) is 20.5. The van der Waals surface area contributed by atoms with Gasteiger partial charge < -0.3 is 5.32 Å². The van der Waals surface area contributed by atoms with Gasteiger partial charge >= 0.3 is 6.18 Å². The molecule has 0 unspecified atom stereocenters. The van der Waals surface area contributed by atoms with Crippen LogP contribution in [0.4, 0.5) is 18.9 Å². The van der Waals surface area contributed by atoms with Crippen molar-refractivity contribution in [2.75, 3.05) is 5.32 Å². The van der Waals surface area contributed by atoms with Crippen LogP contribution in [-0.2, 0) is 6.18 Å². The third kappa shape index (κ3) is 5.10. The van der Waals surface area contributed by atoms with Crippen LogP contribution in [0.5, 0.6) is 0 Å². The molecular formula is C27H20F3N7O. The Labute approximate surface area is 214 Å². The second-order valence-electron chi connectivity index (χ2n) is 8.68. The minimum atomic E-state index is -4.62. The molecule has 0 atom stereocenters. The molecule has 0 saturated heterocycles. The molecule has 0 saturated carbocycles. The van der Waals surface area contributed by atoms with Gasteiger partial charge in [0.2, 0.25) is 0 Å². The molecule has 0 aliphatic carbocycles. The number of H-pyrrole nitrogens is 1. The lowest BCUT2D eigenvalue weighted by Gasteiger charge is -2.13. The summed E-state index contributed by atoms with van der Waals surface area (Å²) >= 11 is 0. The zero-order chi connectivity index (χ0) is 27.0. The highest BCUT2D eigenvalue weighted by atomic mass is 19.4. The second-order valence-corrected chi connectivity index (χ2v) is 8.68. The summed E-state index contributed by atoms with van der Waals surface area (Å²) in [7, 11) is 0. The molecule has 11 heteroatoms. The molecule has 190 valence electrons. The summed E-state index contributed by atoms with van der Waals surface area (Å²) in [4.78, 5) is 21.3. The lowest BCUT2D eigenvalue weighted by Crippen LogP contribution is -2.14. The minimum Gasteiger partial charge on any atom is -0.322 e. The van der Waals surface area contributed by atoms with Gasteiger partial charge in [0.15, 0.2) is 5.65 Å². The monoisotopic (exact) mass is 515 g/mol. The highest BCUT2D eigenvalue weighted by Gasteiger charge is 2.31. The Bertz CT molecular complexity index is 1760. The fourth-order valence-corrected chi connectivity index (χ4v) is 3.78. The van der Waals surface area contributed by atoms with Crippen molar-refractivity contribution in [2.24, 2.45) is 0 Å². The number of benzene rings is 2. The van der Waals surface area contributed by atoms with E-state index in [1.807, 2.05) is 19.9 Å². The predicted octanol–water partition coefficient (Wildman–Crippen LogP) is 5.13. The number of nitrogens with zero attached hydrogens (tertiary/aromatic N) is 5. The Morgan fingerprint density at radius 2 is 1.84 bits per heavy atom. The van der Waals surface area contributed by atoms with Crippen molar-refractivity contribution in [3.05, 3.63) is 94.3 Å². The SMILES string of the molecule is Cc1ncn(-c2cc(NC(=O)c3ccc(C)c(C#Cc4cnc5n[nH]c(C)c5c4)c3)cc(C(F)(F)F)c2)n1. The quantitative estimate of drug-likeness (QED) is 0.324. The van der Waals surface area contributed by atoms with Crippen LogP contribution in [-0.4, -0.2) is 35.9 Å². The molecule has 0 aliphatic rings. The minimum absolute atomic E-state index is 0.0314. The van der Waals surface area contributed by atoms with Gasteiger partial charge in [0.1, 0.15) is 12.2 Å². The van der Waals surface area contributed by atoms with Gasteiger partial charge in [-0.3, -0.25) is 9.89 Å². The van der Waals surface area contributed by atoms with Crippen molar-refractivity contribution in [3.8, 4) is 17.5 Å². The average molecular weight is 515 g/mol. The summed E-state index contributed by atoms with van der Waals surface area (Å²) in [5.74, 6) is 5.93. The third-order valence-corrected chi connectivity index (χ3v) is 5.82. The molecule has 0 spiro atoms. The van der Waals surface area contributed by atoms with Crippen LogP contribution in [0.25, 0.3) is 16.7 Å². The molecule has 0 bridgehead atoms. The second kappa shape index (κ2) is 9.48. The summed E-state index contributed by atoms with van der Waals surface area (Å²) in [6.07, 6.45) is -1.70. The molecule has 0 radical (unpaired) electrons. The van der Waals surface area contributed by atoms with Crippen LogP contribution in [0.3, 0.4) is 0 Å². The van der Waals surface area contributed by atoms with E-state index in [1.54, 1.807) is 31.3 Å². The lowest BCUT2D eigenvalue weighted by atomic mass is 10.0. The summed E-state index contributed by atoms with van der Waals surface area (Å²) < 4.78 is 41.9. The Morgan fingerprint density at radius 3 is 2.58 bits per heavy atom. The number of aryl methyl sites for hydroxylation is 3. The molecule has 8 nitrogen and oxygen atoms in total. The number of hydrogen-bond acceptors (Lipinski definition) is 5. The van der Waals surface area contributed by atoms with Crippen LogP contribution in [0.15, 0.2) is 55.0 Å². The van der Waals surface area contributed by atoms with E-state index in [-0.39, 0.29) is 16.9 Å². The smallest absolute Gasteiger partial charge is 0.322 e. The van der Waals surface area contributed by atoms with Crippen molar-refractivity contribution < 1.29 is 18.0 Å². The number of pyridine rings is 1. The zero-order valence-corrected chi connectivity index (χ0v) is 20.5. The van der Waals surface area contributed by atoms with E-state index in [2.05, 4.69) is 42.4 Å². The summed E-state index contributed by atoms with van der Waals surface area (Å²) in [5, 5.41) is 14.5. The topological polar surface area (TPSA) is 101 Å². The van der Waals surface area contributed by atoms with Crippen molar-refractivity contribution in [2.45, 2.75) is 26.9 Å². The molecule has 0 aliphatic heterocycles.